The number of hydrogen-bond acceptors (Lipinski definition) is 5. The monoisotopic (exact) mass is 454 g/mol. The number of piperazine rings is 1. The van der Waals surface area contributed by atoms with E-state index < -0.39 is 0 Å². The van der Waals surface area contributed by atoms with Gasteiger partial charge >= 0.3 is 0 Å². The Morgan fingerprint density at radius 3 is 2.44 bits per heavy atom. The molecule has 174 valence electrons. The van der Waals surface area contributed by atoms with Crippen LogP contribution in [0.3, 0.4) is 0 Å². The van der Waals surface area contributed by atoms with Gasteiger partial charge in [-0.25, -0.2) is 4.98 Å². The van der Waals surface area contributed by atoms with Crippen molar-refractivity contribution < 1.29 is 0 Å². The largest absolute Gasteiger partial charge is 0.361 e. The summed E-state index contributed by atoms with van der Waals surface area (Å²) in [4.78, 5) is 12.4. The van der Waals surface area contributed by atoms with Gasteiger partial charge < -0.3 is 25.3 Å². The third kappa shape index (κ3) is 6.09. The molecule has 7 heteroatoms. The Morgan fingerprint density at radius 2 is 1.72 bits per heavy atom. The van der Waals surface area contributed by atoms with Gasteiger partial charge in [0.2, 0.25) is 0 Å². The van der Waals surface area contributed by atoms with Crippen molar-refractivity contribution in [2.75, 3.05) is 69.1 Å². The molecule has 0 unspecified atom stereocenters. The van der Waals surface area contributed by atoms with E-state index in [0.29, 0.717) is 5.11 Å². The SMILES string of the molecule is CCN1CCN(c2cc(C)c3cc(NC(=S)NCCN4CCCCCC4)ccc3n2)CC1. The highest BCUT2D eigenvalue weighted by Crippen LogP contribution is 2.26. The van der Waals surface area contributed by atoms with Gasteiger partial charge in [0.15, 0.2) is 5.11 Å². The molecule has 0 saturated carbocycles. The molecule has 1 aromatic heterocycles. The Balaban J connectivity index is 1.33. The lowest BCUT2D eigenvalue weighted by atomic mass is 10.1. The number of nitrogens with one attached hydrogen (secondary N) is 2. The zero-order valence-corrected chi connectivity index (χ0v) is 20.5. The van der Waals surface area contributed by atoms with E-state index in [2.05, 4.69) is 63.4 Å². The van der Waals surface area contributed by atoms with Gasteiger partial charge in [-0.15, -0.1) is 0 Å². The molecule has 2 aliphatic heterocycles. The minimum atomic E-state index is 0.690. The Morgan fingerprint density at radius 1 is 0.969 bits per heavy atom. The van der Waals surface area contributed by atoms with E-state index in [9.17, 15) is 0 Å². The van der Waals surface area contributed by atoms with Crippen LogP contribution < -0.4 is 15.5 Å². The number of nitrogens with zero attached hydrogens (tertiary/aromatic N) is 4. The van der Waals surface area contributed by atoms with Crippen LogP contribution in [0, 0.1) is 6.92 Å². The fourth-order valence-electron chi connectivity index (χ4n) is 4.77. The zero-order chi connectivity index (χ0) is 22.3. The first-order valence-electron chi connectivity index (χ1n) is 12.3. The molecule has 2 fully saturated rings. The zero-order valence-electron chi connectivity index (χ0n) is 19.7. The molecule has 2 aromatic rings. The second kappa shape index (κ2) is 11.3. The van der Waals surface area contributed by atoms with E-state index in [4.69, 9.17) is 17.2 Å². The summed E-state index contributed by atoms with van der Waals surface area (Å²) in [6, 6.07) is 8.58. The molecule has 6 nitrogen and oxygen atoms in total. The number of benzene rings is 1. The smallest absolute Gasteiger partial charge is 0.170 e. The van der Waals surface area contributed by atoms with E-state index in [-0.39, 0.29) is 0 Å². The summed E-state index contributed by atoms with van der Waals surface area (Å²) in [7, 11) is 0. The Kier molecular flexibility index (Phi) is 8.16. The van der Waals surface area contributed by atoms with Gasteiger partial charge in [-0.2, -0.15) is 0 Å². The predicted octanol–water partition coefficient (Wildman–Crippen LogP) is 3.85. The van der Waals surface area contributed by atoms with Gasteiger partial charge in [0, 0.05) is 50.3 Å². The highest BCUT2D eigenvalue weighted by molar-refractivity contribution is 7.80. The van der Waals surface area contributed by atoms with Crippen molar-refractivity contribution in [3.8, 4) is 0 Å². The molecule has 4 rings (SSSR count). The number of pyridine rings is 1. The first kappa shape index (κ1) is 23.2. The maximum absolute atomic E-state index is 5.54. The van der Waals surface area contributed by atoms with Crippen LogP contribution in [0.15, 0.2) is 24.3 Å². The number of aryl methyl sites for hydroxylation is 1. The summed E-state index contributed by atoms with van der Waals surface area (Å²) >= 11 is 5.54. The Bertz CT molecular complexity index is 901. The highest BCUT2D eigenvalue weighted by atomic mass is 32.1. The number of anilines is 2. The molecule has 0 atom stereocenters. The minimum Gasteiger partial charge on any atom is -0.361 e. The maximum atomic E-state index is 5.54. The number of hydrogen-bond donors (Lipinski definition) is 2. The summed E-state index contributed by atoms with van der Waals surface area (Å²) in [6.45, 7) is 14.2. The molecule has 0 radical (unpaired) electrons. The lowest BCUT2D eigenvalue weighted by molar-refractivity contribution is 0.270. The molecule has 0 aliphatic carbocycles. The third-order valence-electron chi connectivity index (χ3n) is 6.82. The van der Waals surface area contributed by atoms with Crippen LogP contribution in [0.25, 0.3) is 10.9 Å². The van der Waals surface area contributed by atoms with Crippen molar-refractivity contribution in [3.05, 3.63) is 29.8 Å². The van der Waals surface area contributed by atoms with Crippen LogP contribution in [0.4, 0.5) is 11.5 Å². The summed E-state index contributed by atoms with van der Waals surface area (Å²) in [5, 5.41) is 8.60. The summed E-state index contributed by atoms with van der Waals surface area (Å²) in [6.07, 6.45) is 5.39. The number of likely N-dealkylation sites (tertiary alicyclic amines) is 1. The fraction of sp³-hybridized carbons (Fsp3) is 0.600. The number of rotatable bonds is 6. The molecule has 0 amide bonds. The molecule has 0 bridgehead atoms. The van der Waals surface area contributed by atoms with Crippen molar-refractivity contribution >= 4 is 39.7 Å². The van der Waals surface area contributed by atoms with Crippen molar-refractivity contribution in [2.24, 2.45) is 0 Å². The average molecular weight is 455 g/mol. The molecule has 1 aromatic carbocycles. The number of fused-ring (bicyclic) bond motifs is 1. The second-order valence-corrected chi connectivity index (χ2v) is 9.50. The van der Waals surface area contributed by atoms with E-state index in [1.807, 2.05) is 0 Å². The van der Waals surface area contributed by atoms with Crippen LogP contribution in [0.2, 0.25) is 0 Å². The van der Waals surface area contributed by atoms with Crippen molar-refractivity contribution in [2.45, 2.75) is 39.5 Å². The molecule has 2 saturated heterocycles. The van der Waals surface area contributed by atoms with Crippen LogP contribution in [0.5, 0.6) is 0 Å². The number of thiocarbonyl (C=S) groups is 1. The summed E-state index contributed by atoms with van der Waals surface area (Å²) in [5.41, 5.74) is 3.31. The lowest BCUT2D eigenvalue weighted by Crippen LogP contribution is -2.46. The van der Waals surface area contributed by atoms with Crippen molar-refractivity contribution in [3.63, 3.8) is 0 Å². The van der Waals surface area contributed by atoms with Crippen LogP contribution in [-0.4, -0.2) is 78.8 Å². The fourth-order valence-corrected chi connectivity index (χ4v) is 4.99. The molecular weight excluding hydrogens is 416 g/mol. The first-order chi connectivity index (χ1) is 15.6. The van der Waals surface area contributed by atoms with E-state index in [0.717, 1.165) is 62.8 Å². The third-order valence-corrected chi connectivity index (χ3v) is 7.06. The van der Waals surface area contributed by atoms with Gasteiger partial charge in [0.25, 0.3) is 0 Å². The second-order valence-electron chi connectivity index (χ2n) is 9.09. The molecule has 2 N–H and O–H groups in total. The molecule has 2 aliphatic rings. The van der Waals surface area contributed by atoms with Gasteiger partial charge in [-0.3, -0.25) is 0 Å². The highest BCUT2D eigenvalue weighted by Gasteiger charge is 2.18. The van der Waals surface area contributed by atoms with E-state index in [1.54, 1.807) is 0 Å². The van der Waals surface area contributed by atoms with E-state index >= 15 is 0 Å². The van der Waals surface area contributed by atoms with Crippen LogP contribution >= 0.6 is 12.2 Å². The molecule has 3 heterocycles. The Labute approximate surface area is 198 Å². The van der Waals surface area contributed by atoms with Crippen LogP contribution in [-0.2, 0) is 0 Å². The molecule has 0 spiro atoms. The van der Waals surface area contributed by atoms with Gasteiger partial charge in [-0.05, 0) is 81.4 Å². The predicted molar refractivity (Wildman–Crippen MR) is 140 cm³/mol. The van der Waals surface area contributed by atoms with Crippen molar-refractivity contribution in [1.29, 1.82) is 0 Å². The summed E-state index contributed by atoms with van der Waals surface area (Å²) < 4.78 is 0. The van der Waals surface area contributed by atoms with Gasteiger partial charge in [0.1, 0.15) is 5.82 Å². The van der Waals surface area contributed by atoms with Gasteiger partial charge in [-0.1, -0.05) is 19.8 Å². The number of likely N-dealkylation sites (N-methyl/N-ethyl adjacent to an activating group) is 1. The lowest BCUT2D eigenvalue weighted by Gasteiger charge is -2.35. The summed E-state index contributed by atoms with van der Waals surface area (Å²) in [5.74, 6) is 1.09. The van der Waals surface area contributed by atoms with E-state index in [1.165, 1.54) is 49.7 Å². The average Bonchev–Trinajstić information content (AvgIpc) is 3.08. The minimum absolute atomic E-state index is 0.690. The normalized spacial score (nSPS) is 18.5. The quantitative estimate of drug-likeness (QED) is 0.643. The number of aromatic nitrogens is 1. The van der Waals surface area contributed by atoms with Crippen molar-refractivity contribution in [1.82, 2.24) is 20.1 Å². The van der Waals surface area contributed by atoms with Gasteiger partial charge in [0.05, 0.1) is 5.52 Å². The molecular formula is C25H38N6S. The maximum Gasteiger partial charge on any atom is 0.170 e. The topological polar surface area (TPSA) is 46.7 Å². The Hall–Kier alpha value is -1.96. The standard InChI is InChI=1S/C25H38N6S/c1-3-29-14-16-31(17-15-29)24-18-20(2)22-19-21(8-9-23(22)28-24)27-25(32)26-10-13-30-11-6-4-5-7-12-30/h8-9,18-19H,3-7,10-17H2,1-2H3,(H2,26,27,32). The first-order valence-corrected chi connectivity index (χ1v) is 12.7. The molecule has 32 heavy (non-hydrogen) atoms. The van der Waals surface area contributed by atoms with Crippen LogP contribution in [0.1, 0.15) is 38.2 Å².